The number of carbonyl (C=O) groups is 1. The van der Waals surface area contributed by atoms with Crippen LogP contribution in [-0.2, 0) is 6.54 Å². The number of nitrogens with one attached hydrogen (secondary N) is 1. The van der Waals surface area contributed by atoms with Crippen molar-refractivity contribution in [3.8, 4) is 0 Å². The van der Waals surface area contributed by atoms with E-state index < -0.39 is 16.8 Å². The van der Waals surface area contributed by atoms with Gasteiger partial charge in [-0.1, -0.05) is 0 Å². The van der Waals surface area contributed by atoms with E-state index in [-0.39, 0.29) is 16.8 Å². The predicted octanol–water partition coefficient (Wildman–Crippen LogP) is 0.194. The number of nitrogens with zero attached hydrogens (tertiary/aromatic N) is 4. The van der Waals surface area contributed by atoms with Crippen molar-refractivity contribution in [3.05, 3.63) is 38.5 Å². The van der Waals surface area contributed by atoms with Crippen LogP contribution >= 0.6 is 15.9 Å². The Morgan fingerprint density at radius 2 is 2.42 bits per heavy atom. The molecular formula is C8H7BrN6O4. The number of halogens is 1. The topological polar surface area (TPSA) is 142 Å². The summed E-state index contributed by atoms with van der Waals surface area (Å²) in [4.78, 5) is 24.6. The second kappa shape index (κ2) is 5.16. The van der Waals surface area contributed by atoms with Crippen LogP contribution in [0.15, 0.2) is 21.5 Å². The average Bonchev–Trinajstić information content (AvgIpc) is 2.97. The van der Waals surface area contributed by atoms with Crippen LogP contribution < -0.4 is 11.3 Å². The largest absolute Gasteiger partial charge is 0.492 e. The van der Waals surface area contributed by atoms with E-state index in [0.717, 1.165) is 0 Å². The highest BCUT2D eigenvalue weighted by molar-refractivity contribution is 9.10. The van der Waals surface area contributed by atoms with Crippen LogP contribution in [0, 0.1) is 10.1 Å². The smallest absolute Gasteiger partial charge is 0.466 e. The molecule has 0 spiro atoms. The number of hydrogen-bond donors (Lipinski definition) is 2. The lowest BCUT2D eigenvalue weighted by atomic mass is 10.3. The molecule has 0 saturated carbocycles. The number of furan rings is 1. The zero-order valence-corrected chi connectivity index (χ0v) is 10.8. The third-order valence-electron chi connectivity index (χ3n) is 2.13. The van der Waals surface area contributed by atoms with Gasteiger partial charge < -0.3 is 14.5 Å². The fourth-order valence-electron chi connectivity index (χ4n) is 1.30. The van der Waals surface area contributed by atoms with Gasteiger partial charge in [-0.3, -0.25) is 10.2 Å². The number of hydrogen-bond acceptors (Lipinski definition) is 7. The molecule has 2 rings (SSSR count). The van der Waals surface area contributed by atoms with Gasteiger partial charge in [-0.2, -0.15) is 4.68 Å². The standard InChI is InChI=1S/C8H7BrN6O4/c9-7-11-8(15(17)18)13-14(7)2-5-1-4(3-19-5)6(16)12-10/h1,3H,2,10H2,(H,12,16). The fourth-order valence-corrected chi connectivity index (χ4v) is 1.67. The molecule has 0 unspecified atom stereocenters. The first-order valence-electron chi connectivity index (χ1n) is 4.84. The Morgan fingerprint density at radius 3 is 3.00 bits per heavy atom. The molecule has 0 atom stereocenters. The average molecular weight is 331 g/mol. The van der Waals surface area contributed by atoms with Gasteiger partial charge in [-0.15, -0.1) is 0 Å². The minimum absolute atomic E-state index is 0.0826. The van der Waals surface area contributed by atoms with Gasteiger partial charge in [0.15, 0.2) is 0 Å². The van der Waals surface area contributed by atoms with Gasteiger partial charge >= 0.3 is 5.95 Å². The van der Waals surface area contributed by atoms with Crippen LogP contribution in [0.25, 0.3) is 0 Å². The van der Waals surface area contributed by atoms with Crippen molar-refractivity contribution in [1.29, 1.82) is 0 Å². The number of nitrogen functional groups attached to an aromatic ring is 1. The molecule has 2 aromatic rings. The minimum Gasteiger partial charge on any atom is -0.466 e. The monoisotopic (exact) mass is 330 g/mol. The first-order chi connectivity index (χ1) is 9.01. The number of aromatic nitrogens is 3. The Labute approximate surface area is 113 Å². The van der Waals surface area contributed by atoms with Crippen LogP contribution in [0.2, 0.25) is 0 Å². The highest BCUT2D eigenvalue weighted by atomic mass is 79.9. The normalized spacial score (nSPS) is 10.4. The Morgan fingerprint density at radius 1 is 1.68 bits per heavy atom. The fraction of sp³-hybridized carbons (Fsp3) is 0.125. The molecule has 1 amide bonds. The number of carbonyl (C=O) groups excluding carboxylic acids is 1. The molecule has 0 saturated heterocycles. The van der Waals surface area contributed by atoms with Gasteiger partial charge in [-0.05, 0) is 16.0 Å². The molecule has 0 radical (unpaired) electrons. The summed E-state index contributed by atoms with van der Waals surface area (Å²) in [6, 6.07) is 1.45. The van der Waals surface area contributed by atoms with E-state index >= 15 is 0 Å². The molecule has 100 valence electrons. The number of nitrogens with two attached hydrogens (primary N) is 1. The van der Waals surface area contributed by atoms with Gasteiger partial charge in [0.25, 0.3) is 10.6 Å². The van der Waals surface area contributed by atoms with Crippen molar-refractivity contribution in [2.24, 2.45) is 5.84 Å². The number of hydrazine groups is 1. The summed E-state index contributed by atoms with van der Waals surface area (Å²) in [5.74, 6) is 4.32. The van der Waals surface area contributed by atoms with E-state index in [0.29, 0.717) is 5.76 Å². The Bertz CT molecular complexity index is 635. The van der Waals surface area contributed by atoms with E-state index in [1.54, 1.807) is 0 Å². The van der Waals surface area contributed by atoms with Gasteiger partial charge in [0.1, 0.15) is 18.6 Å². The van der Waals surface area contributed by atoms with Crippen LogP contribution in [0.3, 0.4) is 0 Å². The van der Waals surface area contributed by atoms with E-state index in [9.17, 15) is 14.9 Å². The molecule has 2 heterocycles. The van der Waals surface area contributed by atoms with Crippen molar-refractivity contribution in [1.82, 2.24) is 20.2 Å². The maximum atomic E-state index is 11.2. The molecule has 0 aromatic carbocycles. The second-order valence-corrected chi connectivity index (χ2v) is 4.08. The van der Waals surface area contributed by atoms with Crippen LogP contribution in [0.4, 0.5) is 5.95 Å². The van der Waals surface area contributed by atoms with Crippen molar-refractivity contribution in [3.63, 3.8) is 0 Å². The summed E-state index contributed by atoms with van der Waals surface area (Å²) in [6.07, 6.45) is 1.22. The Hall–Kier alpha value is -2.27. The Kier molecular flexibility index (Phi) is 3.57. The summed E-state index contributed by atoms with van der Waals surface area (Å²) >= 11 is 3.04. The lowest BCUT2D eigenvalue weighted by Gasteiger charge is -1.93. The summed E-state index contributed by atoms with van der Waals surface area (Å²) in [6.45, 7) is 0.0826. The molecular weight excluding hydrogens is 324 g/mol. The summed E-state index contributed by atoms with van der Waals surface area (Å²) < 4.78 is 6.52. The molecule has 0 fully saturated rings. The third-order valence-corrected chi connectivity index (χ3v) is 2.72. The molecule has 0 aliphatic rings. The molecule has 10 nitrogen and oxygen atoms in total. The van der Waals surface area contributed by atoms with Gasteiger partial charge in [0, 0.05) is 21.0 Å². The quantitative estimate of drug-likeness (QED) is 0.352. The highest BCUT2D eigenvalue weighted by Gasteiger charge is 2.20. The molecule has 2 aromatic heterocycles. The zero-order chi connectivity index (χ0) is 14.0. The van der Waals surface area contributed by atoms with Crippen LogP contribution in [0.1, 0.15) is 16.1 Å². The van der Waals surface area contributed by atoms with Crippen molar-refractivity contribution >= 4 is 27.8 Å². The summed E-state index contributed by atoms with van der Waals surface area (Å²) in [7, 11) is 0. The van der Waals surface area contributed by atoms with E-state index in [4.69, 9.17) is 10.3 Å². The van der Waals surface area contributed by atoms with Gasteiger partial charge in [0.2, 0.25) is 0 Å². The Balaban J connectivity index is 2.19. The summed E-state index contributed by atoms with van der Waals surface area (Å²) in [5.41, 5.74) is 2.20. The number of nitro groups is 1. The third kappa shape index (κ3) is 2.77. The molecule has 11 heteroatoms. The van der Waals surface area contributed by atoms with E-state index in [1.165, 1.54) is 17.0 Å². The number of amides is 1. The first kappa shape index (κ1) is 13.2. The van der Waals surface area contributed by atoms with Crippen LogP contribution in [-0.4, -0.2) is 25.6 Å². The number of rotatable bonds is 4. The maximum Gasteiger partial charge on any atom is 0.492 e. The second-order valence-electron chi connectivity index (χ2n) is 3.37. The van der Waals surface area contributed by atoms with E-state index in [2.05, 4.69) is 26.0 Å². The highest BCUT2D eigenvalue weighted by Crippen LogP contribution is 2.15. The molecule has 19 heavy (non-hydrogen) atoms. The van der Waals surface area contributed by atoms with E-state index in [1.807, 2.05) is 5.43 Å². The molecule has 0 aliphatic carbocycles. The predicted molar refractivity (Wildman–Crippen MR) is 63.8 cm³/mol. The van der Waals surface area contributed by atoms with Crippen LogP contribution in [0.5, 0.6) is 0 Å². The van der Waals surface area contributed by atoms with Crippen molar-refractivity contribution in [2.75, 3.05) is 0 Å². The zero-order valence-electron chi connectivity index (χ0n) is 9.24. The maximum absolute atomic E-state index is 11.2. The first-order valence-corrected chi connectivity index (χ1v) is 5.63. The van der Waals surface area contributed by atoms with Gasteiger partial charge in [-0.25, -0.2) is 5.84 Å². The lowest BCUT2D eigenvalue weighted by Crippen LogP contribution is -2.29. The summed E-state index contributed by atoms with van der Waals surface area (Å²) in [5, 5.41) is 14.2. The molecule has 3 N–H and O–H groups in total. The van der Waals surface area contributed by atoms with Crippen molar-refractivity contribution in [2.45, 2.75) is 6.54 Å². The van der Waals surface area contributed by atoms with Gasteiger partial charge in [0.05, 0.1) is 5.56 Å². The molecule has 0 aliphatic heterocycles. The lowest BCUT2D eigenvalue weighted by molar-refractivity contribution is -0.394. The molecule has 0 bridgehead atoms. The minimum atomic E-state index is -0.712. The van der Waals surface area contributed by atoms with Crippen molar-refractivity contribution < 1.29 is 14.1 Å². The SMILES string of the molecule is NNC(=O)c1coc(Cn2nc([N+](=O)[O-])nc2Br)c1.